The summed E-state index contributed by atoms with van der Waals surface area (Å²) in [4.78, 5) is 4.32. The summed E-state index contributed by atoms with van der Waals surface area (Å²) in [5, 5.41) is 7.61. The van der Waals surface area contributed by atoms with Crippen LogP contribution in [-0.2, 0) is 13.0 Å². The Kier molecular flexibility index (Phi) is 3.14. The van der Waals surface area contributed by atoms with Crippen LogP contribution in [0, 0.1) is 5.92 Å². The molecule has 0 aromatic carbocycles. The zero-order chi connectivity index (χ0) is 9.80. The molecule has 78 valence electrons. The van der Waals surface area contributed by atoms with Gasteiger partial charge in [0.05, 0.1) is 0 Å². The first-order valence-corrected chi connectivity index (χ1v) is 5.47. The SMILES string of the molecule is CCCn1ncnc1CC1CCNC1. The largest absolute Gasteiger partial charge is 0.316 e. The van der Waals surface area contributed by atoms with Crippen molar-refractivity contribution in [3.8, 4) is 0 Å². The highest BCUT2D eigenvalue weighted by Crippen LogP contribution is 2.13. The van der Waals surface area contributed by atoms with E-state index in [4.69, 9.17) is 0 Å². The third-order valence-corrected chi connectivity index (χ3v) is 2.76. The van der Waals surface area contributed by atoms with Crippen molar-refractivity contribution in [2.75, 3.05) is 13.1 Å². The molecule has 14 heavy (non-hydrogen) atoms. The minimum atomic E-state index is 0.759. The summed E-state index contributed by atoms with van der Waals surface area (Å²) in [6.07, 6.45) is 5.15. The zero-order valence-corrected chi connectivity index (χ0v) is 8.74. The molecule has 2 rings (SSSR count). The lowest BCUT2D eigenvalue weighted by Crippen LogP contribution is -2.14. The van der Waals surface area contributed by atoms with Gasteiger partial charge in [0.25, 0.3) is 0 Å². The fraction of sp³-hybridized carbons (Fsp3) is 0.800. The predicted molar refractivity (Wildman–Crippen MR) is 55.0 cm³/mol. The Bertz CT molecular complexity index is 275. The van der Waals surface area contributed by atoms with Crippen LogP contribution in [0.1, 0.15) is 25.6 Å². The molecule has 4 nitrogen and oxygen atoms in total. The molecule has 4 heteroatoms. The summed E-state index contributed by atoms with van der Waals surface area (Å²) in [7, 11) is 0. The second-order valence-electron chi connectivity index (χ2n) is 3.96. The number of aromatic nitrogens is 3. The smallest absolute Gasteiger partial charge is 0.138 e. The van der Waals surface area contributed by atoms with Crippen molar-refractivity contribution < 1.29 is 0 Å². The van der Waals surface area contributed by atoms with Crippen LogP contribution in [0.15, 0.2) is 6.33 Å². The molecule has 0 radical (unpaired) electrons. The van der Waals surface area contributed by atoms with E-state index >= 15 is 0 Å². The van der Waals surface area contributed by atoms with Crippen molar-refractivity contribution in [2.24, 2.45) is 5.92 Å². The van der Waals surface area contributed by atoms with E-state index < -0.39 is 0 Å². The molecular weight excluding hydrogens is 176 g/mol. The summed E-state index contributed by atoms with van der Waals surface area (Å²) >= 11 is 0. The molecule has 1 atom stereocenters. The Balaban J connectivity index is 1.96. The van der Waals surface area contributed by atoms with Crippen LogP contribution >= 0.6 is 0 Å². The van der Waals surface area contributed by atoms with Crippen molar-refractivity contribution in [1.82, 2.24) is 20.1 Å². The number of hydrogen-bond acceptors (Lipinski definition) is 3. The van der Waals surface area contributed by atoms with Gasteiger partial charge in [-0.1, -0.05) is 6.92 Å². The van der Waals surface area contributed by atoms with Crippen LogP contribution in [0.3, 0.4) is 0 Å². The van der Waals surface area contributed by atoms with Gasteiger partial charge in [0.1, 0.15) is 12.2 Å². The molecule has 1 fully saturated rings. The minimum Gasteiger partial charge on any atom is -0.316 e. The first-order valence-electron chi connectivity index (χ1n) is 5.47. The van der Waals surface area contributed by atoms with Gasteiger partial charge in [-0.2, -0.15) is 5.10 Å². The number of hydrogen-bond donors (Lipinski definition) is 1. The summed E-state index contributed by atoms with van der Waals surface area (Å²) in [5.41, 5.74) is 0. The lowest BCUT2D eigenvalue weighted by molar-refractivity contribution is 0.506. The quantitative estimate of drug-likeness (QED) is 0.772. The first kappa shape index (κ1) is 9.65. The third-order valence-electron chi connectivity index (χ3n) is 2.76. The summed E-state index contributed by atoms with van der Waals surface area (Å²) in [6.45, 7) is 5.46. The van der Waals surface area contributed by atoms with E-state index in [2.05, 4.69) is 22.3 Å². The highest BCUT2D eigenvalue weighted by Gasteiger charge is 2.17. The number of rotatable bonds is 4. The highest BCUT2D eigenvalue weighted by molar-refractivity contribution is 4.89. The Hall–Kier alpha value is -0.900. The Labute approximate surface area is 84.7 Å². The average molecular weight is 194 g/mol. The molecule has 1 aliphatic rings. The Morgan fingerprint density at radius 3 is 3.29 bits per heavy atom. The van der Waals surface area contributed by atoms with Gasteiger partial charge in [0, 0.05) is 13.0 Å². The lowest BCUT2D eigenvalue weighted by Gasteiger charge is -2.08. The van der Waals surface area contributed by atoms with E-state index in [1.807, 2.05) is 4.68 Å². The van der Waals surface area contributed by atoms with Crippen LogP contribution in [-0.4, -0.2) is 27.9 Å². The van der Waals surface area contributed by atoms with Gasteiger partial charge in [-0.05, 0) is 31.8 Å². The third kappa shape index (κ3) is 2.12. The standard InChI is InChI=1S/C10H18N4/c1-2-5-14-10(12-8-13-14)6-9-3-4-11-7-9/h8-9,11H,2-7H2,1H3. The van der Waals surface area contributed by atoms with Crippen molar-refractivity contribution in [3.05, 3.63) is 12.2 Å². The van der Waals surface area contributed by atoms with Crippen molar-refractivity contribution in [1.29, 1.82) is 0 Å². The average Bonchev–Trinajstić information content (AvgIpc) is 2.80. The second-order valence-corrected chi connectivity index (χ2v) is 3.96. The van der Waals surface area contributed by atoms with E-state index in [0.29, 0.717) is 0 Å². The van der Waals surface area contributed by atoms with Gasteiger partial charge >= 0.3 is 0 Å². The molecule has 0 spiro atoms. The van der Waals surface area contributed by atoms with E-state index in [1.54, 1.807) is 6.33 Å². The molecule has 1 unspecified atom stereocenters. The Morgan fingerprint density at radius 1 is 1.64 bits per heavy atom. The molecular formula is C10H18N4. The molecule has 1 aromatic heterocycles. The minimum absolute atomic E-state index is 0.759. The molecule has 2 heterocycles. The van der Waals surface area contributed by atoms with Crippen LogP contribution in [0.4, 0.5) is 0 Å². The predicted octanol–water partition coefficient (Wildman–Crippen LogP) is 0.840. The van der Waals surface area contributed by atoms with Gasteiger partial charge in [-0.25, -0.2) is 4.98 Å². The van der Waals surface area contributed by atoms with Gasteiger partial charge < -0.3 is 5.32 Å². The van der Waals surface area contributed by atoms with Crippen LogP contribution in [0.5, 0.6) is 0 Å². The highest BCUT2D eigenvalue weighted by atomic mass is 15.3. The normalized spacial score (nSPS) is 21.6. The molecule has 1 saturated heterocycles. The fourth-order valence-electron chi connectivity index (χ4n) is 1.99. The van der Waals surface area contributed by atoms with E-state index in [9.17, 15) is 0 Å². The van der Waals surface area contributed by atoms with Gasteiger partial charge in [0.2, 0.25) is 0 Å². The number of aryl methyl sites for hydroxylation is 1. The molecule has 0 aliphatic carbocycles. The van der Waals surface area contributed by atoms with Gasteiger partial charge in [-0.3, -0.25) is 4.68 Å². The number of nitrogens with one attached hydrogen (secondary N) is 1. The Morgan fingerprint density at radius 2 is 2.57 bits per heavy atom. The molecule has 1 aromatic rings. The van der Waals surface area contributed by atoms with E-state index in [0.717, 1.165) is 44.2 Å². The summed E-state index contributed by atoms with van der Waals surface area (Å²) < 4.78 is 2.04. The topological polar surface area (TPSA) is 42.7 Å². The molecule has 1 N–H and O–H groups in total. The van der Waals surface area contributed by atoms with Crippen LogP contribution in [0.25, 0.3) is 0 Å². The molecule has 1 aliphatic heterocycles. The van der Waals surface area contributed by atoms with Crippen molar-refractivity contribution in [2.45, 2.75) is 32.7 Å². The monoisotopic (exact) mass is 194 g/mol. The molecule has 0 saturated carbocycles. The van der Waals surface area contributed by atoms with Crippen molar-refractivity contribution >= 4 is 0 Å². The van der Waals surface area contributed by atoms with Crippen LogP contribution in [0.2, 0.25) is 0 Å². The fourth-order valence-corrected chi connectivity index (χ4v) is 1.99. The first-order chi connectivity index (χ1) is 6.90. The van der Waals surface area contributed by atoms with Gasteiger partial charge in [0.15, 0.2) is 0 Å². The maximum atomic E-state index is 4.32. The summed E-state index contributed by atoms with van der Waals surface area (Å²) in [6, 6.07) is 0. The van der Waals surface area contributed by atoms with Crippen LogP contribution < -0.4 is 5.32 Å². The number of nitrogens with zero attached hydrogens (tertiary/aromatic N) is 3. The summed E-state index contributed by atoms with van der Waals surface area (Å²) in [5.74, 6) is 1.91. The second kappa shape index (κ2) is 4.55. The van der Waals surface area contributed by atoms with E-state index in [1.165, 1.54) is 6.42 Å². The van der Waals surface area contributed by atoms with E-state index in [-0.39, 0.29) is 0 Å². The molecule has 0 bridgehead atoms. The maximum absolute atomic E-state index is 4.32. The molecule has 0 amide bonds. The lowest BCUT2D eigenvalue weighted by atomic mass is 10.0. The van der Waals surface area contributed by atoms with Gasteiger partial charge in [-0.15, -0.1) is 0 Å². The van der Waals surface area contributed by atoms with Crippen molar-refractivity contribution in [3.63, 3.8) is 0 Å². The maximum Gasteiger partial charge on any atom is 0.138 e. The zero-order valence-electron chi connectivity index (χ0n) is 8.74.